The van der Waals surface area contributed by atoms with Gasteiger partial charge in [-0.2, -0.15) is 0 Å². The van der Waals surface area contributed by atoms with Crippen LogP contribution in [0.25, 0.3) is 0 Å². The average molecular weight is 1840 g/mol. The lowest BCUT2D eigenvalue weighted by molar-refractivity contribution is -0.188. The zero-order valence-corrected chi connectivity index (χ0v) is 86.2. The predicted molar refractivity (Wildman–Crippen MR) is 531 cm³/mol. The van der Waals surface area contributed by atoms with Crippen molar-refractivity contribution in [2.24, 2.45) is 22.2 Å². The van der Waals surface area contributed by atoms with Crippen molar-refractivity contribution in [1.29, 1.82) is 0 Å². The fraction of sp³-hybridized carbons (Fsp3) is 0.917. The molecule has 21 nitrogen and oxygen atoms in total. The summed E-state index contributed by atoms with van der Waals surface area (Å²) in [5.41, 5.74) is -2.58. The number of carbonyl (C=O) groups is 9. The summed E-state index contributed by atoms with van der Waals surface area (Å²) in [5.74, 6) is -0.858. The van der Waals surface area contributed by atoms with Crippen LogP contribution in [0.4, 0.5) is 0 Å². The van der Waals surface area contributed by atoms with Crippen LogP contribution in [0.1, 0.15) is 507 Å². The fourth-order valence-electron chi connectivity index (χ4n) is 20.8. The third kappa shape index (κ3) is 54.2. The molecule has 0 aromatic heterocycles. The largest absolute Gasteiger partial charge is 0.462 e. The molecule has 4 bridgehead atoms. The molecular weight excluding hydrogens is 1630 g/mol. The van der Waals surface area contributed by atoms with Crippen LogP contribution in [0.2, 0.25) is 0 Å². The molecule has 758 valence electrons. The molecule has 6 atom stereocenters. The molecule has 4 saturated carbocycles. The van der Waals surface area contributed by atoms with Gasteiger partial charge < -0.3 is 59.1 Å². The van der Waals surface area contributed by atoms with Gasteiger partial charge in [-0.05, 0) is 296 Å². The Morgan fingerprint density at radius 1 is 0.231 bits per heavy atom. The molecule has 0 aromatic carbocycles. The highest BCUT2D eigenvalue weighted by Crippen LogP contribution is 2.70. The first kappa shape index (κ1) is 119. The number of carbonyl (C=O) groups excluding carboxylic acids is 9. The minimum atomic E-state index is -0.861. The minimum Gasteiger partial charge on any atom is -0.462 e. The van der Waals surface area contributed by atoms with Gasteiger partial charge in [-0.25, -0.2) is 0 Å². The van der Waals surface area contributed by atoms with Crippen molar-refractivity contribution in [1.82, 2.24) is 30.7 Å². The Morgan fingerprint density at radius 2 is 0.400 bits per heavy atom. The molecule has 0 spiro atoms. The number of hydrogen-bond acceptors (Lipinski definition) is 18. The van der Waals surface area contributed by atoms with Crippen molar-refractivity contribution in [2.75, 3.05) is 78.5 Å². The molecule has 6 unspecified atom stereocenters. The van der Waals surface area contributed by atoms with Crippen molar-refractivity contribution in [3.8, 4) is 0 Å². The lowest BCUT2D eigenvalue weighted by Crippen LogP contribution is -2.67. The van der Waals surface area contributed by atoms with Gasteiger partial charge in [-0.15, -0.1) is 0 Å². The molecule has 4 aliphatic carbocycles. The van der Waals surface area contributed by atoms with Gasteiger partial charge in [0.2, 0.25) is 17.7 Å². The molecule has 4 aliphatic rings. The van der Waals surface area contributed by atoms with Gasteiger partial charge in [0.15, 0.2) is 0 Å². The van der Waals surface area contributed by atoms with Crippen LogP contribution in [0.3, 0.4) is 0 Å². The highest BCUT2D eigenvalue weighted by molar-refractivity contribution is 5.92. The Balaban J connectivity index is 1.77. The van der Waals surface area contributed by atoms with Crippen molar-refractivity contribution in [3.05, 3.63) is 0 Å². The molecule has 4 rings (SSSR count). The molecule has 0 aliphatic heterocycles. The smallest absolute Gasteiger partial charge is 0.306 e. The summed E-state index contributed by atoms with van der Waals surface area (Å²) in [6.45, 7) is 34.2. The standard InChI is InChI=1S/C109H202N6O15/c1-13-25-31-43-61-92(19-7)125-98(116)67-55-79-113(80-56-68-99(117)126-93(20-8)62-44-32-26-14-2)76-52-40-37-49-73-110-104(122)107-85-91-86-108(88-107,105(123)111-74-50-38-41-53-77-114(81-57-69-100(118)127-94(21-9)63-45-33-27-15-3)82-58-70-101(119)128-95(22-10)64-46-34-28-16-4)90-109(87-91,89-107)106(124)112-75-51-39-42-54-78-115(83-59-71-102(120)129-96(23-11)65-47-35-29-17-5)84-60-72-103(121)130-97(24-12)66-48-36-30-18-6/h91-97H,13-90H2,1-12H3,(H,110,122)(H,111,123)(H,112,124). The van der Waals surface area contributed by atoms with Gasteiger partial charge >= 0.3 is 35.8 Å². The second kappa shape index (κ2) is 76.2. The zero-order chi connectivity index (χ0) is 95.0. The van der Waals surface area contributed by atoms with Crippen LogP contribution in [0.5, 0.6) is 0 Å². The Labute approximate surface area is 795 Å². The van der Waals surface area contributed by atoms with Gasteiger partial charge in [0.25, 0.3) is 0 Å². The summed E-state index contributed by atoms with van der Waals surface area (Å²) in [6, 6.07) is 0. The molecule has 0 heterocycles. The van der Waals surface area contributed by atoms with Gasteiger partial charge in [0.05, 0.1) is 16.2 Å². The molecule has 0 aromatic rings. The number of esters is 6. The van der Waals surface area contributed by atoms with Gasteiger partial charge in [-0.3, -0.25) is 43.2 Å². The number of hydrogen-bond donors (Lipinski definition) is 3. The van der Waals surface area contributed by atoms with Crippen LogP contribution in [-0.2, 0) is 71.6 Å². The van der Waals surface area contributed by atoms with Crippen LogP contribution in [0.15, 0.2) is 0 Å². The first-order chi connectivity index (χ1) is 63.1. The van der Waals surface area contributed by atoms with Gasteiger partial charge in [0, 0.05) is 58.2 Å². The quantitative estimate of drug-likeness (QED) is 0.0291. The maximum atomic E-state index is 15.2. The highest BCUT2D eigenvalue weighted by atomic mass is 16.6. The van der Waals surface area contributed by atoms with Crippen LogP contribution >= 0.6 is 0 Å². The molecule has 0 radical (unpaired) electrons. The number of ether oxygens (including phenoxy) is 6. The van der Waals surface area contributed by atoms with Crippen molar-refractivity contribution < 1.29 is 71.6 Å². The second-order valence-electron chi connectivity index (χ2n) is 40.2. The van der Waals surface area contributed by atoms with E-state index in [1.54, 1.807) is 0 Å². The van der Waals surface area contributed by atoms with E-state index < -0.39 is 16.2 Å². The second-order valence-corrected chi connectivity index (χ2v) is 40.2. The van der Waals surface area contributed by atoms with E-state index in [1.807, 2.05) is 0 Å². The summed E-state index contributed by atoms with van der Waals surface area (Å²) in [7, 11) is 0. The summed E-state index contributed by atoms with van der Waals surface area (Å²) < 4.78 is 35.8. The van der Waals surface area contributed by atoms with E-state index in [2.05, 4.69) is 114 Å². The number of nitrogens with one attached hydrogen (secondary N) is 3. The Kier molecular flexibility index (Phi) is 69.9. The maximum absolute atomic E-state index is 15.2. The first-order valence-electron chi connectivity index (χ1n) is 55.3. The Bertz CT molecular complexity index is 2490. The molecule has 4 fully saturated rings. The first-order valence-corrected chi connectivity index (χ1v) is 55.3. The Morgan fingerprint density at radius 3 is 0.577 bits per heavy atom. The molecule has 0 saturated heterocycles. The monoisotopic (exact) mass is 1840 g/mol. The van der Waals surface area contributed by atoms with Crippen molar-refractivity contribution in [2.45, 2.75) is 543 Å². The van der Waals surface area contributed by atoms with E-state index in [0.29, 0.717) is 135 Å². The van der Waals surface area contributed by atoms with Crippen LogP contribution < -0.4 is 16.0 Å². The SMILES string of the molecule is CCCCCCC(CC)OC(=O)CCCN(CCCCCCNC(=O)C12CC3CC(C(=O)NCCCCCCN(CCCC(=O)OC(CC)CCCCCC)CCCC(=O)OC(CC)CCCCCC)(C1)CC(C(=O)NCCCCCCN(CCCC(=O)OC(CC)CCCCCC)CCCC(=O)OC(CC)CCCCCC)(C3)C2)CCCC(=O)OC(CC)CCCCCC. The van der Waals surface area contributed by atoms with Crippen molar-refractivity contribution in [3.63, 3.8) is 0 Å². The fourth-order valence-corrected chi connectivity index (χ4v) is 20.8. The minimum absolute atomic E-state index is 0.0336. The van der Waals surface area contributed by atoms with E-state index in [1.165, 1.54) is 77.0 Å². The normalized spacial score (nSPS) is 18.3. The van der Waals surface area contributed by atoms with E-state index in [0.717, 1.165) is 290 Å². The number of rotatable bonds is 90. The molecule has 21 heteroatoms. The third-order valence-electron chi connectivity index (χ3n) is 28.5. The molecule has 130 heavy (non-hydrogen) atoms. The highest BCUT2D eigenvalue weighted by Gasteiger charge is 2.69. The zero-order valence-electron chi connectivity index (χ0n) is 86.2. The van der Waals surface area contributed by atoms with Crippen LogP contribution in [-0.4, -0.2) is 183 Å². The molecular formula is C109H202N6O15. The average Bonchev–Trinajstić information content (AvgIpc) is 0.688. The number of unbranched alkanes of at least 4 members (excludes halogenated alkanes) is 27. The maximum Gasteiger partial charge on any atom is 0.306 e. The molecule has 3 amide bonds. The topological polar surface area (TPSA) is 255 Å². The summed E-state index contributed by atoms with van der Waals surface area (Å²) in [6.07, 6.45) is 57.9. The number of amides is 3. The van der Waals surface area contributed by atoms with Gasteiger partial charge in [-0.1, -0.05) is 237 Å². The predicted octanol–water partition coefficient (Wildman–Crippen LogP) is 25.3. The third-order valence-corrected chi connectivity index (χ3v) is 28.5. The number of nitrogens with zero attached hydrogens (tertiary/aromatic N) is 3. The lowest BCUT2D eigenvalue weighted by atomic mass is 9.39. The van der Waals surface area contributed by atoms with Crippen LogP contribution in [0, 0.1) is 22.2 Å². The lowest BCUT2D eigenvalue weighted by Gasteiger charge is -2.64. The van der Waals surface area contributed by atoms with E-state index >= 15 is 14.4 Å². The van der Waals surface area contributed by atoms with Gasteiger partial charge in [0.1, 0.15) is 36.6 Å². The van der Waals surface area contributed by atoms with E-state index in [4.69, 9.17) is 28.4 Å². The Hall–Kier alpha value is -4.89. The summed E-state index contributed by atoms with van der Waals surface area (Å²) in [4.78, 5) is 132. The molecule has 3 N–H and O–H groups in total. The van der Waals surface area contributed by atoms with E-state index in [9.17, 15) is 28.8 Å². The van der Waals surface area contributed by atoms with Crippen molar-refractivity contribution >= 4 is 53.5 Å². The summed E-state index contributed by atoms with van der Waals surface area (Å²) >= 11 is 0. The summed E-state index contributed by atoms with van der Waals surface area (Å²) in [5, 5.41) is 10.2. The van der Waals surface area contributed by atoms with E-state index in [-0.39, 0.29) is 96.1 Å².